The average molecular weight is 604 g/mol. The van der Waals surface area contributed by atoms with Crippen molar-refractivity contribution in [3.8, 4) is 11.5 Å². The van der Waals surface area contributed by atoms with Crippen molar-refractivity contribution in [2.45, 2.75) is 26.3 Å². The van der Waals surface area contributed by atoms with Gasteiger partial charge in [-0.25, -0.2) is 4.79 Å². The van der Waals surface area contributed by atoms with E-state index >= 15 is 0 Å². The Bertz CT molecular complexity index is 1560. The third kappa shape index (κ3) is 5.66. The van der Waals surface area contributed by atoms with Crippen molar-refractivity contribution in [2.75, 3.05) is 25.2 Å². The van der Waals surface area contributed by atoms with Gasteiger partial charge in [0.2, 0.25) is 0 Å². The van der Waals surface area contributed by atoms with Crippen LogP contribution in [0.15, 0.2) is 88.0 Å². The van der Waals surface area contributed by atoms with Crippen LogP contribution in [0.3, 0.4) is 0 Å². The van der Waals surface area contributed by atoms with Crippen LogP contribution in [0, 0.1) is 0 Å². The predicted octanol–water partition coefficient (Wildman–Crippen LogP) is 7.35. The Morgan fingerprint density at radius 2 is 1.61 bits per heavy atom. The molecule has 0 N–H and O–H groups in total. The van der Waals surface area contributed by atoms with Crippen LogP contribution >= 0.6 is 35.7 Å². The topological polar surface area (TPSA) is 65.1 Å². The van der Waals surface area contributed by atoms with E-state index in [0.717, 1.165) is 25.8 Å². The van der Waals surface area contributed by atoms with Crippen molar-refractivity contribution >= 4 is 68.6 Å². The zero-order valence-electron chi connectivity index (χ0n) is 23.1. The Hall–Kier alpha value is -3.53. The third-order valence-electron chi connectivity index (χ3n) is 6.71. The summed E-state index contributed by atoms with van der Waals surface area (Å²) in [6.07, 6.45) is 0. The highest BCUT2D eigenvalue weighted by Crippen LogP contribution is 2.58. The summed E-state index contributed by atoms with van der Waals surface area (Å²) in [6.45, 7) is 5.79. The molecule has 0 radical (unpaired) electrons. The van der Waals surface area contributed by atoms with Gasteiger partial charge >= 0.3 is 5.97 Å². The number of methoxy groups -OCH3 is 1. The minimum Gasteiger partial charge on any atom is -0.497 e. The quantitative estimate of drug-likeness (QED) is 0.158. The second-order valence-corrected chi connectivity index (χ2v) is 12.4. The van der Waals surface area contributed by atoms with Crippen LogP contribution in [0.2, 0.25) is 0 Å². The minimum atomic E-state index is -0.864. The van der Waals surface area contributed by atoms with Gasteiger partial charge in [-0.2, -0.15) is 0 Å². The highest BCUT2D eigenvalue weighted by molar-refractivity contribution is 8.32. The molecule has 0 aromatic heterocycles. The van der Waals surface area contributed by atoms with Crippen LogP contribution in [0.5, 0.6) is 11.5 Å². The number of para-hydroxylation sites is 1. The number of ether oxygens (including phenoxy) is 3. The highest BCUT2D eigenvalue weighted by Gasteiger charge is 2.46. The number of nitrogens with zero attached hydrogens (tertiary/aromatic N) is 1. The summed E-state index contributed by atoms with van der Waals surface area (Å²) in [6, 6.07) is 24.6. The van der Waals surface area contributed by atoms with Crippen molar-refractivity contribution in [3.05, 3.63) is 99.1 Å². The van der Waals surface area contributed by atoms with Crippen LogP contribution < -0.4 is 14.4 Å². The molecule has 0 saturated heterocycles. The van der Waals surface area contributed by atoms with Gasteiger partial charge in [0.25, 0.3) is 5.91 Å². The average Bonchev–Trinajstić information content (AvgIpc) is 3.43. The Balaban J connectivity index is 1.60. The lowest BCUT2D eigenvalue weighted by Gasteiger charge is -2.45. The summed E-state index contributed by atoms with van der Waals surface area (Å²) in [4.78, 5) is 30.5. The number of carbonyl (C=O) groups is 2. The van der Waals surface area contributed by atoms with E-state index in [-0.39, 0.29) is 25.1 Å². The molecule has 2 aliphatic heterocycles. The molecule has 0 saturated carbocycles. The van der Waals surface area contributed by atoms with Gasteiger partial charge in [0.1, 0.15) is 16.4 Å². The summed E-state index contributed by atoms with van der Waals surface area (Å²) >= 11 is 9.00. The number of anilines is 1. The summed E-state index contributed by atoms with van der Waals surface area (Å²) in [7, 11) is 1.60. The minimum absolute atomic E-state index is 0.149. The number of thiocarbonyl (C=S) groups is 1. The molecule has 3 aromatic carbocycles. The molecule has 0 aliphatic carbocycles. The molecule has 5 rings (SSSR count). The van der Waals surface area contributed by atoms with Crippen LogP contribution in [0.25, 0.3) is 10.5 Å². The van der Waals surface area contributed by atoms with Crippen molar-refractivity contribution in [1.29, 1.82) is 0 Å². The molecule has 210 valence electrons. The molecule has 2 aliphatic rings. The van der Waals surface area contributed by atoms with Gasteiger partial charge in [0.15, 0.2) is 6.61 Å². The third-order valence-corrected chi connectivity index (χ3v) is 10.0. The molecule has 0 spiro atoms. The Labute approximate surface area is 253 Å². The number of rotatable bonds is 7. The first-order chi connectivity index (χ1) is 19.8. The van der Waals surface area contributed by atoms with Gasteiger partial charge < -0.3 is 14.2 Å². The first-order valence-corrected chi connectivity index (χ1v) is 15.1. The van der Waals surface area contributed by atoms with Crippen molar-refractivity contribution in [2.24, 2.45) is 0 Å². The monoisotopic (exact) mass is 603 g/mol. The fraction of sp³-hybridized carbons (Fsp3) is 0.219. The number of thioether (sulfide) groups is 2. The number of esters is 1. The van der Waals surface area contributed by atoms with Gasteiger partial charge in [-0.1, -0.05) is 84.3 Å². The molecule has 0 unspecified atom stereocenters. The summed E-state index contributed by atoms with van der Waals surface area (Å²) in [5, 5.41) is 0. The number of fused-ring (bicyclic) bond motifs is 1. The smallest absolute Gasteiger partial charge is 0.346 e. The molecule has 0 bridgehead atoms. The summed E-state index contributed by atoms with van der Waals surface area (Å²) < 4.78 is 17.7. The van der Waals surface area contributed by atoms with E-state index in [1.165, 1.54) is 23.5 Å². The molecule has 0 fully saturated rings. The molecule has 41 heavy (non-hydrogen) atoms. The van der Waals surface area contributed by atoms with E-state index < -0.39 is 5.54 Å². The zero-order chi connectivity index (χ0) is 29.1. The van der Waals surface area contributed by atoms with Gasteiger partial charge in [-0.3, -0.25) is 9.69 Å². The van der Waals surface area contributed by atoms with Crippen LogP contribution in [0.1, 0.15) is 31.9 Å². The summed E-state index contributed by atoms with van der Waals surface area (Å²) in [5.74, 6) is 0.646. The van der Waals surface area contributed by atoms with Gasteiger partial charge in [-0.15, -0.1) is 0 Å². The van der Waals surface area contributed by atoms with Crippen LogP contribution in [-0.2, 0) is 14.3 Å². The van der Waals surface area contributed by atoms with E-state index in [1.54, 1.807) is 18.9 Å². The fourth-order valence-corrected chi connectivity index (χ4v) is 7.89. The molecular formula is C32H29NO5S3. The number of hydrogen-bond acceptors (Lipinski definition) is 8. The lowest BCUT2D eigenvalue weighted by atomic mass is 9.83. The van der Waals surface area contributed by atoms with Crippen molar-refractivity contribution in [1.82, 2.24) is 0 Å². The maximum atomic E-state index is 13.7. The second-order valence-electron chi connectivity index (χ2n) is 9.71. The number of carbonyl (C=O) groups excluding carboxylic acids is 2. The van der Waals surface area contributed by atoms with Crippen molar-refractivity contribution < 1.29 is 23.8 Å². The Kier molecular flexibility index (Phi) is 8.58. The van der Waals surface area contributed by atoms with Crippen molar-refractivity contribution in [3.63, 3.8) is 0 Å². The summed E-state index contributed by atoms with van der Waals surface area (Å²) in [5.41, 5.74) is 2.31. The van der Waals surface area contributed by atoms with E-state index in [9.17, 15) is 9.59 Å². The maximum absolute atomic E-state index is 13.7. The predicted molar refractivity (Wildman–Crippen MR) is 171 cm³/mol. The van der Waals surface area contributed by atoms with Gasteiger partial charge in [0.05, 0.1) is 34.0 Å². The molecule has 0 atom stereocenters. The molecule has 2 heterocycles. The molecule has 9 heteroatoms. The molecule has 1 amide bonds. The van der Waals surface area contributed by atoms with E-state index in [1.807, 2.05) is 92.7 Å². The number of amides is 1. The Morgan fingerprint density at radius 1 is 0.927 bits per heavy atom. The van der Waals surface area contributed by atoms with E-state index in [0.29, 0.717) is 27.0 Å². The largest absolute Gasteiger partial charge is 0.497 e. The lowest BCUT2D eigenvalue weighted by Crippen LogP contribution is -2.57. The molecule has 6 nitrogen and oxygen atoms in total. The van der Waals surface area contributed by atoms with Crippen LogP contribution in [0.4, 0.5) is 5.69 Å². The molecule has 3 aromatic rings. The number of hydrogen-bond donors (Lipinski definition) is 0. The van der Waals surface area contributed by atoms with Gasteiger partial charge in [0, 0.05) is 16.0 Å². The van der Waals surface area contributed by atoms with E-state index in [2.05, 4.69) is 0 Å². The maximum Gasteiger partial charge on any atom is 0.346 e. The van der Waals surface area contributed by atoms with Crippen LogP contribution in [-0.4, -0.2) is 42.6 Å². The first kappa shape index (κ1) is 29.0. The second kappa shape index (κ2) is 12.1. The standard InChI is InChI=1S/C32H29NO5S3/c1-5-37-30(35)28-27(20-12-8-6-9-13-20)40-31(41-28)26-23-18-22(36-4)16-17-24(23)33(32(2,3)29(26)39)25(34)19-38-21-14-10-7-11-15-21/h6-18H,5,19H2,1-4H3/b31-26-. The highest BCUT2D eigenvalue weighted by atomic mass is 32.2. The Morgan fingerprint density at radius 3 is 2.27 bits per heavy atom. The number of benzene rings is 3. The molecular weight excluding hydrogens is 575 g/mol. The zero-order valence-corrected chi connectivity index (χ0v) is 25.6. The van der Waals surface area contributed by atoms with E-state index in [4.69, 9.17) is 26.4 Å². The fourth-order valence-electron chi connectivity index (χ4n) is 4.75. The SMILES string of the molecule is CCOC(=O)C1=C(c2ccccc2)S/C(=C2/C(=S)C(C)(C)N(C(=O)COc3ccccc3)c3ccc(OC)cc32)S1. The van der Waals surface area contributed by atoms with Gasteiger partial charge in [-0.05, 0) is 56.7 Å². The normalized spacial score (nSPS) is 17.8. The first-order valence-electron chi connectivity index (χ1n) is 13.1. The lowest BCUT2D eigenvalue weighted by molar-refractivity contribution is -0.137.